The fourth-order valence-electron chi connectivity index (χ4n) is 2.68. The Morgan fingerprint density at radius 3 is 2.59 bits per heavy atom. The summed E-state index contributed by atoms with van der Waals surface area (Å²) in [6, 6.07) is 16.9. The number of carbonyl (C=O) groups excluding carboxylic acids is 1. The van der Waals surface area contributed by atoms with Gasteiger partial charge in [-0.25, -0.2) is 4.39 Å². The molecule has 0 saturated carbocycles. The van der Waals surface area contributed by atoms with Gasteiger partial charge in [0.05, 0.1) is 11.1 Å². The first-order chi connectivity index (χ1) is 10.7. The van der Waals surface area contributed by atoms with E-state index in [4.69, 9.17) is 0 Å². The van der Waals surface area contributed by atoms with Gasteiger partial charge in [0, 0.05) is 12.1 Å². The van der Waals surface area contributed by atoms with Crippen LogP contribution in [0.25, 0.3) is 0 Å². The number of nitrogens with zero attached hydrogens (tertiary/aromatic N) is 1. The zero-order valence-electron chi connectivity index (χ0n) is 12.2. The van der Waals surface area contributed by atoms with Crippen molar-refractivity contribution >= 4 is 17.7 Å². The number of amides is 1. The maximum atomic E-state index is 13.8. The summed E-state index contributed by atoms with van der Waals surface area (Å²) in [7, 11) is 0. The first-order valence-corrected chi connectivity index (χ1v) is 8.47. The molecule has 2 aromatic carbocycles. The fraction of sp³-hybridized carbons (Fsp3) is 0.278. The highest BCUT2D eigenvalue weighted by Gasteiger charge is 2.31. The van der Waals surface area contributed by atoms with E-state index < -0.39 is 0 Å². The largest absolute Gasteiger partial charge is 0.326 e. The SMILES string of the molecule is O=C1CSC(CCc2ccccc2)N1Cc1ccccc1F. The average molecular weight is 315 g/mol. The predicted molar refractivity (Wildman–Crippen MR) is 88.0 cm³/mol. The van der Waals surface area contributed by atoms with E-state index in [1.165, 1.54) is 11.6 Å². The monoisotopic (exact) mass is 315 g/mol. The van der Waals surface area contributed by atoms with Gasteiger partial charge in [0.1, 0.15) is 5.82 Å². The fourth-order valence-corrected chi connectivity index (χ4v) is 3.83. The van der Waals surface area contributed by atoms with Crippen molar-refractivity contribution in [2.75, 3.05) is 5.75 Å². The van der Waals surface area contributed by atoms with Crippen molar-refractivity contribution in [1.82, 2.24) is 4.90 Å². The van der Waals surface area contributed by atoms with Crippen LogP contribution in [0.4, 0.5) is 4.39 Å². The van der Waals surface area contributed by atoms with E-state index in [2.05, 4.69) is 12.1 Å². The minimum Gasteiger partial charge on any atom is -0.326 e. The molecule has 1 unspecified atom stereocenters. The van der Waals surface area contributed by atoms with Gasteiger partial charge in [-0.05, 0) is 24.5 Å². The van der Waals surface area contributed by atoms with E-state index >= 15 is 0 Å². The summed E-state index contributed by atoms with van der Waals surface area (Å²) in [5.41, 5.74) is 1.86. The second kappa shape index (κ2) is 6.97. The van der Waals surface area contributed by atoms with Gasteiger partial charge >= 0.3 is 0 Å². The Balaban J connectivity index is 1.66. The number of carbonyl (C=O) groups is 1. The second-order valence-corrected chi connectivity index (χ2v) is 6.57. The van der Waals surface area contributed by atoms with Crippen LogP contribution in [0.2, 0.25) is 0 Å². The molecule has 0 aromatic heterocycles. The number of aryl methyl sites for hydroxylation is 1. The van der Waals surface area contributed by atoms with Crippen molar-refractivity contribution in [2.24, 2.45) is 0 Å². The van der Waals surface area contributed by atoms with Crippen molar-refractivity contribution in [3.8, 4) is 0 Å². The van der Waals surface area contributed by atoms with Gasteiger partial charge in [-0.3, -0.25) is 4.79 Å². The van der Waals surface area contributed by atoms with Gasteiger partial charge in [-0.1, -0.05) is 48.5 Å². The predicted octanol–water partition coefficient (Wildman–Crippen LogP) is 3.86. The topological polar surface area (TPSA) is 20.3 Å². The number of halogens is 1. The molecule has 1 heterocycles. The standard InChI is InChI=1S/C18H18FNOS/c19-16-9-5-4-8-15(16)12-20-17(21)13-22-18(20)11-10-14-6-2-1-3-7-14/h1-9,18H,10-13H2. The van der Waals surface area contributed by atoms with Crippen LogP contribution in [0, 0.1) is 5.82 Å². The van der Waals surface area contributed by atoms with Crippen LogP contribution in [0.1, 0.15) is 17.5 Å². The lowest BCUT2D eigenvalue weighted by molar-refractivity contribution is -0.128. The first kappa shape index (κ1) is 15.1. The summed E-state index contributed by atoms with van der Waals surface area (Å²) in [5, 5.41) is 0.132. The molecule has 1 fully saturated rings. The van der Waals surface area contributed by atoms with Crippen LogP contribution in [0.15, 0.2) is 54.6 Å². The number of benzene rings is 2. The Labute approximate surface area is 134 Å². The average Bonchev–Trinajstić information content (AvgIpc) is 2.89. The van der Waals surface area contributed by atoms with Crippen molar-refractivity contribution in [2.45, 2.75) is 24.8 Å². The lowest BCUT2D eigenvalue weighted by Crippen LogP contribution is -2.32. The molecule has 4 heteroatoms. The van der Waals surface area contributed by atoms with Crippen LogP contribution >= 0.6 is 11.8 Å². The second-order valence-electron chi connectivity index (χ2n) is 5.40. The molecule has 1 atom stereocenters. The molecule has 0 N–H and O–H groups in total. The molecule has 1 saturated heterocycles. The summed E-state index contributed by atoms with van der Waals surface area (Å²) in [4.78, 5) is 13.9. The third-order valence-electron chi connectivity index (χ3n) is 3.89. The molecule has 114 valence electrons. The quantitative estimate of drug-likeness (QED) is 0.835. The number of hydrogen-bond donors (Lipinski definition) is 0. The van der Waals surface area contributed by atoms with Crippen molar-refractivity contribution < 1.29 is 9.18 Å². The Morgan fingerprint density at radius 2 is 1.82 bits per heavy atom. The van der Waals surface area contributed by atoms with E-state index in [9.17, 15) is 9.18 Å². The smallest absolute Gasteiger partial charge is 0.233 e. The Morgan fingerprint density at radius 1 is 1.09 bits per heavy atom. The van der Waals surface area contributed by atoms with Crippen molar-refractivity contribution in [1.29, 1.82) is 0 Å². The van der Waals surface area contributed by atoms with Gasteiger partial charge in [0.2, 0.25) is 5.91 Å². The summed E-state index contributed by atoms with van der Waals surface area (Å²) < 4.78 is 13.8. The molecule has 1 aliphatic rings. The van der Waals surface area contributed by atoms with Crippen LogP contribution in [-0.2, 0) is 17.8 Å². The zero-order chi connectivity index (χ0) is 15.4. The molecule has 3 rings (SSSR count). The molecule has 22 heavy (non-hydrogen) atoms. The molecule has 0 aliphatic carbocycles. The molecular weight excluding hydrogens is 297 g/mol. The van der Waals surface area contributed by atoms with Crippen molar-refractivity contribution in [3.63, 3.8) is 0 Å². The van der Waals surface area contributed by atoms with Gasteiger partial charge in [-0.15, -0.1) is 11.8 Å². The highest BCUT2D eigenvalue weighted by Crippen LogP contribution is 2.30. The maximum Gasteiger partial charge on any atom is 0.233 e. The van der Waals surface area contributed by atoms with Gasteiger partial charge in [0.25, 0.3) is 0 Å². The highest BCUT2D eigenvalue weighted by atomic mass is 32.2. The minimum absolute atomic E-state index is 0.103. The first-order valence-electron chi connectivity index (χ1n) is 7.42. The molecule has 0 spiro atoms. The van der Waals surface area contributed by atoms with E-state index in [0.717, 1.165) is 12.8 Å². The Bertz CT molecular complexity index is 647. The van der Waals surface area contributed by atoms with Crippen molar-refractivity contribution in [3.05, 3.63) is 71.5 Å². The summed E-state index contributed by atoms with van der Waals surface area (Å²) in [5.74, 6) is 0.355. The van der Waals surface area contributed by atoms with Gasteiger partial charge in [-0.2, -0.15) is 0 Å². The Hall–Kier alpha value is -1.81. The summed E-state index contributed by atoms with van der Waals surface area (Å²) in [6.45, 7) is 0.359. The number of hydrogen-bond acceptors (Lipinski definition) is 2. The number of thioether (sulfide) groups is 1. The molecule has 2 aromatic rings. The summed E-state index contributed by atoms with van der Waals surface area (Å²) >= 11 is 1.66. The highest BCUT2D eigenvalue weighted by molar-refractivity contribution is 8.00. The van der Waals surface area contributed by atoms with Crippen LogP contribution in [0.5, 0.6) is 0 Å². The normalized spacial score (nSPS) is 18.0. The lowest BCUT2D eigenvalue weighted by atomic mass is 10.1. The Kier molecular flexibility index (Phi) is 4.78. The molecule has 2 nitrogen and oxygen atoms in total. The third kappa shape index (κ3) is 3.50. The molecule has 0 bridgehead atoms. The molecule has 0 radical (unpaired) electrons. The molecular formula is C18H18FNOS. The molecule has 1 aliphatic heterocycles. The maximum absolute atomic E-state index is 13.8. The van der Waals surface area contributed by atoms with E-state index in [-0.39, 0.29) is 17.1 Å². The molecule has 1 amide bonds. The van der Waals surface area contributed by atoms with E-state index in [1.807, 2.05) is 29.2 Å². The van der Waals surface area contributed by atoms with E-state index in [0.29, 0.717) is 17.9 Å². The van der Waals surface area contributed by atoms with Crippen LogP contribution in [-0.4, -0.2) is 21.9 Å². The van der Waals surface area contributed by atoms with E-state index in [1.54, 1.807) is 23.9 Å². The van der Waals surface area contributed by atoms with Gasteiger partial charge < -0.3 is 4.90 Å². The van der Waals surface area contributed by atoms with Crippen LogP contribution < -0.4 is 0 Å². The zero-order valence-corrected chi connectivity index (χ0v) is 13.1. The van der Waals surface area contributed by atoms with Gasteiger partial charge in [0.15, 0.2) is 0 Å². The summed E-state index contributed by atoms with van der Waals surface area (Å²) in [6.07, 6.45) is 1.83. The lowest BCUT2D eigenvalue weighted by Gasteiger charge is -2.24. The minimum atomic E-state index is -0.242. The van der Waals surface area contributed by atoms with Crippen LogP contribution in [0.3, 0.4) is 0 Å². The third-order valence-corrected chi connectivity index (χ3v) is 5.18. The number of rotatable bonds is 5.